The molecule has 21 heavy (non-hydrogen) atoms. The first-order chi connectivity index (χ1) is 10.1. The van der Waals surface area contributed by atoms with Gasteiger partial charge in [0.1, 0.15) is 18.2 Å². The van der Waals surface area contributed by atoms with Crippen molar-refractivity contribution in [3.8, 4) is 17.2 Å². The minimum atomic E-state index is -0.00399. The van der Waals surface area contributed by atoms with Gasteiger partial charge < -0.3 is 19.9 Å². The van der Waals surface area contributed by atoms with E-state index in [1.54, 1.807) is 6.07 Å². The summed E-state index contributed by atoms with van der Waals surface area (Å²) in [5.74, 6) is 2.08. The lowest BCUT2D eigenvalue weighted by Crippen LogP contribution is -2.13. The van der Waals surface area contributed by atoms with E-state index in [4.69, 9.17) is 25.4 Å². The normalized spacial score (nSPS) is 12.2. The molecule has 0 aliphatic carbocycles. The number of aryl methyl sites for hydroxylation is 1. The van der Waals surface area contributed by atoms with Gasteiger partial charge in [-0.15, -0.1) is 0 Å². The summed E-state index contributed by atoms with van der Waals surface area (Å²) in [5, 5.41) is 7.59. The molecule has 1 aliphatic rings. The Kier molecular flexibility index (Phi) is 3.39. The predicted molar refractivity (Wildman–Crippen MR) is 79.1 cm³/mol. The van der Waals surface area contributed by atoms with E-state index >= 15 is 0 Å². The van der Waals surface area contributed by atoms with Crippen molar-refractivity contribution in [3.05, 3.63) is 53.1 Å². The lowest BCUT2D eigenvalue weighted by atomic mass is 10.1. The molecule has 0 saturated carbocycles. The maximum Gasteiger partial charge on any atom is 0.231 e. The van der Waals surface area contributed by atoms with Crippen LogP contribution in [0.2, 0.25) is 0 Å². The number of nitrogens with one attached hydrogen (secondary N) is 1. The number of ether oxygens (including phenoxy) is 3. The highest BCUT2D eigenvalue weighted by atomic mass is 16.7. The fourth-order valence-corrected chi connectivity index (χ4v) is 2.16. The molecule has 0 aromatic heterocycles. The van der Waals surface area contributed by atoms with Gasteiger partial charge in [0, 0.05) is 0 Å². The zero-order valence-corrected chi connectivity index (χ0v) is 11.7. The first-order valence-corrected chi connectivity index (χ1v) is 6.60. The van der Waals surface area contributed by atoms with Gasteiger partial charge in [0.2, 0.25) is 6.79 Å². The zero-order chi connectivity index (χ0) is 14.8. The van der Waals surface area contributed by atoms with Gasteiger partial charge in [0.25, 0.3) is 0 Å². The topological polar surface area (TPSA) is 77.6 Å². The van der Waals surface area contributed by atoms with Crippen molar-refractivity contribution in [1.29, 1.82) is 5.41 Å². The molecule has 0 amide bonds. The highest BCUT2D eigenvalue weighted by Crippen LogP contribution is 2.33. The Morgan fingerprint density at radius 2 is 2.00 bits per heavy atom. The van der Waals surface area contributed by atoms with E-state index in [0.717, 1.165) is 22.6 Å². The van der Waals surface area contributed by atoms with E-state index in [0.29, 0.717) is 17.9 Å². The van der Waals surface area contributed by atoms with Crippen molar-refractivity contribution in [2.24, 2.45) is 5.73 Å². The van der Waals surface area contributed by atoms with E-state index in [1.807, 2.05) is 37.3 Å². The quantitative estimate of drug-likeness (QED) is 0.668. The number of rotatable bonds is 4. The van der Waals surface area contributed by atoms with E-state index in [1.165, 1.54) is 0 Å². The lowest BCUT2D eigenvalue weighted by Gasteiger charge is -2.12. The van der Waals surface area contributed by atoms with Crippen LogP contribution >= 0.6 is 0 Å². The largest absolute Gasteiger partial charge is 0.488 e. The van der Waals surface area contributed by atoms with Crippen molar-refractivity contribution in [2.45, 2.75) is 13.5 Å². The fourth-order valence-electron chi connectivity index (χ4n) is 2.16. The van der Waals surface area contributed by atoms with Crippen molar-refractivity contribution >= 4 is 5.84 Å². The maximum atomic E-state index is 7.59. The van der Waals surface area contributed by atoms with Crippen molar-refractivity contribution in [3.63, 3.8) is 0 Å². The van der Waals surface area contributed by atoms with Crippen LogP contribution < -0.4 is 19.9 Å². The molecule has 3 rings (SSSR count). The summed E-state index contributed by atoms with van der Waals surface area (Å²) in [7, 11) is 0. The van der Waals surface area contributed by atoms with Gasteiger partial charge in [-0.25, -0.2) is 0 Å². The zero-order valence-electron chi connectivity index (χ0n) is 11.7. The molecule has 0 fully saturated rings. The third-order valence-corrected chi connectivity index (χ3v) is 3.26. The van der Waals surface area contributed by atoms with Crippen molar-refractivity contribution in [2.75, 3.05) is 6.79 Å². The SMILES string of the molecule is Cc1ccc(C(=N)N)c(OCc2ccc3c(c2)OCO3)c1. The smallest absolute Gasteiger partial charge is 0.231 e. The number of nitrogens with two attached hydrogens (primary N) is 1. The van der Waals surface area contributed by atoms with Gasteiger partial charge in [0.05, 0.1) is 5.56 Å². The summed E-state index contributed by atoms with van der Waals surface area (Å²) in [5.41, 5.74) is 8.20. The summed E-state index contributed by atoms with van der Waals surface area (Å²) in [6.45, 7) is 2.60. The van der Waals surface area contributed by atoms with Crippen LogP contribution in [0.5, 0.6) is 17.2 Å². The molecule has 5 heteroatoms. The first-order valence-electron chi connectivity index (χ1n) is 6.60. The van der Waals surface area contributed by atoms with Crippen LogP contribution in [-0.2, 0) is 6.61 Å². The molecule has 0 atom stereocenters. The first kappa shape index (κ1) is 13.3. The third-order valence-electron chi connectivity index (χ3n) is 3.26. The van der Waals surface area contributed by atoms with Crippen molar-refractivity contribution < 1.29 is 14.2 Å². The van der Waals surface area contributed by atoms with Crippen LogP contribution in [0.15, 0.2) is 36.4 Å². The maximum absolute atomic E-state index is 7.59. The molecule has 0 unspecified atom stereocenters. The molecule has 0 bridgehead atoms. The fraction of sp³-hybridized carbons (Fsp3) is 0.188. The summed E-state index contributed by atoms with van der Waals surface area (Å²) in [6.07, 6.45) is 0. The highest BCUT2D eigenvalue weighted by Gasteiger charge is 2.14. The number of amidine groups is 1. The minimum absolute atomic E-state index is 0.00399. The van der Waals surface area contributed by atoms with E-state index < -0.39 is 0 Å². The van der Waals surface area contributed by atoms with Crippen LogP contribution in [0.25, 0.3) is 0 Å². The number of fused-ring (bicyclic) bond motifs is 1. The van der Waals surface area contributed by atoms with Gasteiger partial charge in [-0.3, -0.25) is 5.41 Å². The second-order valence-corrected chi connectivity index (χ2v) is 4.89. The lowest BCUT2D eigenvalue weighted by molar-refractivity contribution is 0.174. The second kappa shape index (κ2) is 5.36. The van der Waals surface area contributed by atoms with E-state index in [-0.39, 0.29) is 12.6 Å². The van der Waals surface area contributed by atoms with Gasteiger partial charge in [-0.2, -0.15) is 0 Å². The number of benzene rings is 2. The molecule has 0 spiro atoms. The Labute approximate surface area is 122 Å². The van der Waals surface area contributed by atoms with Crippen LogP contribution in [-0.4, -0.2) is 12.6 Å². The molecule has 108 valence electrons. The number of hydrogen-bond donors (Lipinski definition) is 2. The summed E-state index contributed by atoms with van der Waals surface area (Å²) in [4.78, 5) is 0. The average Bonchev–Trinajstić information content (AvgIpc) is 2.92. The molecule has 3 N–H and O–H groups in total. The highest BCUT2D eigenvalue weighted by molar-refractivity contribution is 5.97. The standard InChI is InChI=1S/C16H16N2O3/c1-10-2-4-12(16(17)18)14(6-10)19-8-11-3-5-13-15(7-11)21-9-20-13/h2-7H,8-9H2,1H3,(H3,17,18). The van der Waals surface area contributed by atoms with Gasteiger partial charge in [-0.05, 0) is 42.3 Å². The molecular weight excluding hydrogens is 268 g/mol. The Bertz CT molecular complexity index is 698. The van der Waals surface area contributed by atoms with Crippen LogP contribution in [0.3, 0.4) is 0 Å². The van der Waals surface area contributed by atoms with Crippen molar-refractivity contribution in [1.82, 2.24) is 0 Å². The third kappa shape index (κ3) is 2.76. The van der Waals surface area contributed by atoms with E-state index in [9.17, 15) is 0 Å². The summed E-state index contributed by atoms with van der Waals surface area (Å²) >= 11 is 0. The van der Waals surface area contributed by atoms with Gasteiger partial charge in [-0.1, -0.05) is 12.1 Å². The number of hydrogen-bond acceptors (Lipinski definition) is 4. The molecule has 0 saturated heterocycles. The molecule has 5 nitrogen and oxygen atoms in total. The van der Waals surface area contributed by atoms with Gasteiger partial charge in [0.15, 0.2) is 11.5 Å². The average molecular weight is 284 g/mol. The Morgan fingerprint density at radius 3 is 2.81 bits per heavy atom. The Morgan fingerprint density at radius 1 is 1.19 bits per heavy atom. The minimum Gasteiger partial charge on any atom is -0.488 e. The summed E-state index contributed by atoms with van der Waals surface area (Å²) in [6, 6.07) is 11.3. The van der Waals surface area contributed by atoms with E-state index in [2.05, 4.69) is 0 Å². The monoisotopic (exact) mass is 284 g/mol. The molecule has 1 heterocycles. The molecule has 2 aromatic rings. The van der Waals surface area contributed by atoms with Crippen LogP contribution in [0.1, 0.15) is 16.7 Å². The van der Waals surface area contributed by atoms with Crippen LogP contribution in [0, 0.1) is 12.3 Å². The Balaban J connectivity index is 1.78. The predicted octanol–water partition coefficient (Wildman–Crippen LogP) is 2.59. The molecule has 0 radical (unpaired) electrons. The Hall–Kier alpha value is -2.69. The van der Waals surface area contributed by atoms with Crippen LogP contribution in [0.4, 0.5) is 0 Å². The summed E-state index contributed by atoms with van der Waals surface area (Å²) < 4.78 is 16.4. The molecule has 2 aromatic carbocycles. The molecule has 1 aliphatic heterocycles. The second-order valence-electron chi connectivity index (χ2n) is 4.89. The molecular formula is C16H16N2O3. The van der Waals surface area contributed by atoms with Gasteiger partial charge >= 0.3 is 0 Å². The number of nitrogen functional groups attached to an aromatic ring is 1.